The van der Waals surface area contributed by atoms with Gasteiger partial charge in [0.05, 0.1) is 5.56 Å². The van der Waals surface area contributed by atoms with Gasteiger partial charge >= 0.3 is 6.18 Å². The van der Waals surface area contributed by atoms with Crippen molar-refractivity contribution >= 4 is 16.7 Å². The maximum atomic E-state index is 13.3. The number of benzene rings is 3. The number of alkyl halides is 3. The van der Waals surface area contributed by atoms with Gasteiger partial charge in [-0.15, -0.1) is 0 Å². The zero-order chi connectivity index (χ0) is 20.6. The molecule has 5 heteroatoms. The molecular weight excluding hydrogens is 375 g/mol. The Balaban J connectivity index is 1.56. The Morgan fingerprint density at radius 3 is 2.17 bits per heavy atom. The average molecular weight is 397 g/mol. The van der Waals surface area contributed by atoms with Gasteiger partial charge in [0, 0.05) is 18.7 Å². The van der Waals surface area contributed by atoms with Crippen molar-refractivity contribution in [3.63, 3.8) is 0 Å². The van der Waals surface area contributed by atoms with Crippen LogP contribution in [0, 0.1) is 6.92 Å². The van der Waals surface area contributed by atoms with Gasteiger partial charge in [-0.3, -0.25) is 4.79 Å². The highest BCUT2D eigenvalue weighted by atomic mass is 19.4. The van der Waals surface area contributed by atoms with Crippen molar-refractivity contribution in [3.8, 4) is 0 Å². The second-order valence-corrected chi connectivity index (χ2v) is 7.68. The summed E-state index contributed by atoms with van der Waals surface area (Å²) < 4.78 is 40.0. The molecule has 0 saturated carbocycles. The number of fused-ring (bicyclic) bond motifs is 1. The van der Waals surface area contributed by atoms with E-state index >= 15 is 0 Å². The fraction of sp³-hybridized carbons (Fsp3) is 0.292. The highest BCUT2D eigenvalue weighted by Crippen LogP contribution is 2.36. The molecule has 1 aliphatic rings. The van der Waals surface area contributed by atoms with Crippen LogP contribution < -0.4 is 0 Å². The molecule has 2 nitrogen and oxygen atoms in total. The van der Waals surface area contributed by atoms with Gasteiger partial charge in [0.2, 0.25) is 0 Å². The van der Waals surface area contributed by atoms with Crippen molar-refractivity contribution in [2.75, 3.05) is 13.1 Å². The van der Waals surface area contributed by atoms with Crippen molar-refractivity contribution < 1.29 is 18.0 Å². The van der Waals surface area contributed by atoms with Crippen LogP contribution in [0.3, 0.4) is 0 Å². The fourth-order valence-corrected chi connectivity index (χ4v) is 4.17. The van der Waals surface area contributed by atoms with Crippen LogP contribution in [0.1, 0.15) is 45.8 Å². The summed E-state index contributed by atoms with van der Waals surface area (Å²) in [4.78, 5) is 14.9. The number of rotatable bonds is 2. The molecule has 3 aromatic carbocycles. The number of piperidine rings is 1. The molecule has 0 spiro atoms. The first-order valence-corrected chi connectivity index (χ1v) is 9.79. The van der Waals surface area contributed by atoms with Crippen LogP contribution in [-0.2, 0) is 6.18 Å². The van der Waals surface area contributed by atoms with Gasteiger partial charge in [-0.2, -0.15) is 13.2 Å². The van der Waals surface area contributed by atoms with Crippen molar-refractivity contribution in [3.05, 3.63) is 82.9 Å². The van der Waals surface area contributed by atoms with Crippen LogP contribution in [0.2, 0.25) is 0 Å². The third-order valence-electron chi connectivity index (χ3n) is 5.79. The zero-order valence-electron chi connectivity index (χ0n) is 16.2. The lowest BCUT2D eigenvalue weighted by molar-refractivity contribution is -0.136. The summed E-state index contributed by atoms with van der Waals surface area (Å²) >= 11 is 0. The van der Waals surface area contributed by atoms with Crippen LogP contribution >= 0.6 is 0 Å². The molecule has 29 heavy (non-hydrogen) atoms. The van der Waals surface area contributed by atoms with Gasteiger partial charge in [-0.05, 0) is 54.2 Å². The number of nitrogens with zero attached hydrogens (tertiary/aromatic N) is 1. The molecule has 1 fully saturated rings. The number of hydrogen-bond acceptors (Lipinski definition) is 1. The van der Waals surface area contributed by atoms with Crippen LogP contribution in [0.4, 0.5) is 13.2 Å². The maximum absolute atomic E-state index is 13.3. The van der Waals surface area contributed by atoms with Gasteiger partial charge in [-0.25, -0.2) is 0 Å². The molecule has 0 aliphatic carbocycles. The normalized spacial score (nSPS) is 15.7. The number of aryl methyl sites for hydroxylation is 1. The van der Waals surface area contributed by atoms with E-state index in [0.717, 1.165) is 18.9 Å². The lowest BCUT2D eigenvalue weighted by Gasteiger charge is -2.32. The first-order valence-electron chi connectivity index (χ1n) is 9.79. The van der Waals surface area contributed by atoms with E-state index < -0.39 is 11.7 Å². The average Bonchev–Trinajstić information content (AvgIpc) is 2.72. The number of likely N-dealkylation sites (tertiary alicyclic amines) is 1. The summed E-state index contributed by atoms with van der Waals surface area (Å²) in [6, 6.07) is 17.1. The lowest BCUT2D eigenvalue weighted by Crippen LogP contribution is -2.38. The number of hydrogen-bond donors (Lipinski definition) is 0. The van der Waals surface area contributed by atoms with Crippen LogP contribution in [-0.4, -0.2) is 23.9 Å². The van der Waals surface area contributed by atoms with Gasteiger partial charge in [0.25, 0.3) is 5.91 Å². The van der Waals surface area contributed by atoms with E-state index in [-0.39, 0.29) is 11.3 Å². The SMILES string of the molecule is Cc1ccc(C2CCN(C(=O)c3cccc4c(C(F)(F)F)cccc34)CC2)cc1. The fourth-order valence-electron chi connectivity index (χ4n) is 4.17. The van der Waals surface area contributed by atoms with E-state index in [2.05, 4.69) is 31.2 Å². The summed E-state index contributed by atoms with van der Waals surface area (Å²) in [6.07, 6.45) is -2.74. The van der Waals surface area contributed by atoms with Crippen molar-refractivity contribution in [2.45, 2.75) is 31.9 Å². The predicted octanol–water partition coefficient (Wildman–Crippen LogP) is 6.19. The molecule has 3 aromatic rings. The minimum Gasteiger partial charge on any atom is -0.339 e. The monoisotopic (exact) mass is 397 g/mol. The van der Waals surface area contributed by atoms with Crippen LogP contribution in [0.25, 0.3) is 10.8 Å². The molecule has 4 rings (SSSR count). The molecule has 150 valence electrons. The number of carbonyl (C=O) groups excluding carboxylic acids is 1. The molecule has 0 bridgehead atoms. The second-order valence-electron chi connectivity index (χ2n) is 7.68. The highest BCUT2D eigenvalue weighted by Gasteiger charge is 2.33. The van der Waals surface area contributed by atoms with E-state index in [9.17, 15) is 18.0 Å². The first kappa shape index (κ1) is 19.5. The molecule has 0 unspecified atom stereocenters. The number of halogens is 3. The van der Waals surface area contributed by atoms with Gasteiger partial charge in [0.1, 0.15) is 0 Å². The maximum Gasteiger partial charge on any atom is 0.417 e. The molecule has 0 N–H and O–H groups in total. The summed E-state index contributed by atoms with van der Waals surface area (Å²) in [5, 5.41) is 0.424. The lowest BCUT2D eigenvalue weighted by atomic mass is 9.88. The van der Waals surface area contributed by atoms with E-state index in [1.807, 2.05) is 0 Å². The summed E-state index contributed by atoms with van der Waals surface area (Å²) in [5.41, 5.74) is 2.13. The molecular formula is C24H22F3NO. The van der Waals surface area contributed by atoms with Gasteiger partial charge < -0.3 is 4.90 Å². The Hall–Kier alpha value is -2.82. The van der Waals surface area contributed by atoms with Crippen molar-refractivity contribution in [1.82, 2.24) is 4.90 Å². The Kier molecular flexibility index (Phi) is 5.07. The van der Waals surface area contributed by atoms with E-state index in [1.54, 1.807) is 17.0 Å². The largest absolute Gasteiger partial charge is 0.417 e. The highest BCUT2D eigenvalue weighted by molar-refractivity contribution is 6.07. The minimum atomic E-state index is -4.45. The molecule has 1 aliphatic heterocycles. The van der Waals surface area contributed by atoms with E-state index in [4.69, 9.17) is 0 Å². The molecule has 0 radical (unpaired) electrons. The Morgan fingerprint density at radius 1 is 0.897 bits per heavy atom. The van der Waals surface area contributed by atoms with Gasteiger partial charge in [0.15, 0.2) is 0 Å². The summed E-state index contributed by atoms with van der Waals surface area (Å²) in [7, 11) is 0. The molecule has 0 aromatic heterocycles. The topological polar surface area (TPSA) is 20.3 Å². The quantitative estimate of drug-likeness (QED) is 0.505. The van der Waals surface area contributed by atoms with Crippen LogP contribution in [0.15, 0.2) is 60.7 Å². The minimum absolute atomic E-state index is 0.0698. The van der Waals surface area contributed by atoms with E-state index in [1.165, 1.54) is 29.3 Å². The Bertz CT molecular complexity index is 1030. The number of amides is 1. The van der Waals surface area contributed by atoms with Crippen molar-refractivity contribution in [2.24, 2.45) is 0 Å². The smallest absolute Gasteiger partial charge is 0.339 e. The summed E-state index contributed by atoms with van der Waals surface area (Å²) in [6.45, 7) is 3.26. The summed E-state index contributed by atoms with van der Waals surface area (Å²) in [5.74, 6) is 0.210. The zero-order valence-corrected chi connectivity index (χ0v) is 16.2. The second kappa shape index (κ2) is 7.54. The Morgan fingerprint density at radius 2 is 1.52 bits per heavy atom. The van der Waals surface area contributed by atoms with Crippen LogP contribution in [0.5, 0.6) is 0 Å². The Labute approximate surface area is 168 Å². The molecule has 0 atom stereocenters. The third kappa shape index (κ3) is 3.86. The van der Waals surface area contributed by atoms with Crippen molar-refractivity contribution in [1.29, 1.82) is 0 Å². The molecule has 1 heterocycles. The van der Waals surface area contributed by atoms with Gasteiger partial charge in [-0.1, -0.05) is 54.1 Å². The first-order chi connectivity index (χ1) is 13.8. The number of carbonyl (C=O) groups is 1. The molecule has 1 saturated heterocycles. The molecule has 1 amide bonds. The standard InChI is InChI=1S/C24H22F3NO/c1-16-8-10-17(11-9-16)18-12-14-28(15-13-18)23(29)21-6-2-5-20-19(21)4-3-7-22(20)24(25,26)27/h2-11,18H,12-15H2,1H3. The van der Waals surface area contributed by atoms with E-state index in [0.29, 0.717) is 30.0 Å². The third-order valence-corrected chi connectivity index (χ3v) is 5.79. The predicted molar refractivity (Wildman–Crippen MR) is 108 cm³/mol.